The summed E-state index contributed by atoms with van der Waals surface area (Å²) in [5.74, 6) is 0.227. The maximum Gasteiger partial charge on any atom is 0.317 e. The molecule has 0 unspecified atom stereocenters. The average molecular weight is 385 g/mol. The number of methoxy groups -OCH3 is 2. The summed E-state index contributed by atoms with van der Waals surface area (Å²) in [4.78, 5) is 17.0. The lowest BCUT2D eigenvalue weighted by molar-refractivity contribution is -0.119. The van der Waals surface area contributed by atoms with Crippen molar-refractivity contribution >= 4 is 39.1 Å². The number of hydrogen-bond donors (Lipinski definition) is 0. The van der Waals surface area contributed by atoms with Gasteiger partial charge < -0.3 is 23.5 Å². The zero-order valence-corrected chi connectivity index (χ0v) is 15.4. The van der Waals surface area contributed by atoms with Crippen LogP contribution in [0.2, 0.25) is 5.02 Å². The Morgan fingerprint density at radius 3 is 2.92 bits per heavy atom. The molecule has 0 bridgehead atoms. The smallest absolute Gasteiger partial charge is 0.317 e. The van der Waals surface area contributed by atoms with E-state index in [1.165, 1.54) is 17.6 Å². The van der Waals surface area contributed by atoms with E-state index in [0.717, 1.165) is 10.2 Å². The predicted octanol–water partition coefficient (Wildman–Crippen LogP) is 2.33. The predicted molar refractivity (Wildman–Crippen MR) is 93.8 cm³/mol. The van der Waals surface area contributed by atoms with Crippen LogP contribution in [0.3, 0.4) is 0 Å². The second kappa shape index (κ2) is 7.90. The minimum absolute atomic E-state index is 0.0834. The van der Waals surface area contributed by atoms with Crippen LogP contribution < -0.4 is 9.54 Å². The maximum atomic E-state index is 12.4. The van der Waals surface area contributed by atoms with Crippen LogP contribution in [-0.4, -0.2) is 44.5 Å². The Hall–Kier alpha value is -2.03. The summed E-state index contributed by atoms with van der Waals surface area (Å²) < 4.78 is 23.7. The summed E-state index contributed by atoms with van der Waals surface area (Å²) in [6, 6.07) is 3.54. The van der Waals surface area contributed by atoms with Crippen molar-refractivity contribution in [1.29, 1.82) is 0 Å². The van der Waals surface area contributed by atoms with Gasteiger partial charge in [-0.25, -0.2) is 0 Å². The molecular formula is C16H17ClN2O5S. The van der Waals surface area contributed by atoms with Crippen LogP contribution >= 0.6 is 22.9 Å². The Kier molecular flexibility index (Phi) is 5.62. The van der Waals surface area contributed by atoms with Gasteiger partial charge in [0, 0.05) is 13.7 Å². The minimum Gasteiger partial charge on any atom is -0.495 e. The number of halogens is 1. The van der Waals surface area contributed by atoms with E-state index < -0.39 is 5.91 Å². The van der Waals surface area contributed by atoms with Crippen molar-refractivity contribution in [3.63, 3.8) is 0 Å². The van der Waals surface area contributed by atoms with Crippen LogP contribution in [0.4, 0.5) is 0 Å². The standard InChI is InChI=1S/C16H17ClN2O5S/c1-21-6-5-19-13-11(22-2)4-3-10(17)14(13)25-16(19)18-15(20)12-9-23-7-8-24-12/h3-4,9H,5-8H2,1-2H3. The first-order chi connectivity index (χ1) is 12.2. The van der Waals surface area contributed by atoms with E-state index >= 15 is 0 Å². The van der Waals surface area contributed by atoms with Gasteiger partial charge in [0.1, 0.15) is 30.7 Å². The third-order valence-electron chi connectivity index (χ3n) is 3.54. The lowest BCUT2D eigenvalue weighted by atomic mass is 10.3. The largest absolute Gasteiger partial charge is 0.495 e. The molecule has 134 valence electrons. The lowest BCUT2D eigenvalue weighted by Gasteiger charge is -2.12. The van der Waals surface area contributed by atoms with Crippen molar-refractivity contribution in [3.05, 3.63) is 34.0 Å². The Balaban J connectivity index is 2.16. The molecule has 0 atom stereocenters. The van der Waals surface area contributed by atoms with Crippen LogP contribution in [0.5, 0.6) is 5.75 Å². The van der Waals surface area contributed by atoms with E-state index in [4.69, 9.17) is 30.5 Å². The van der Waals surface area contributed by atoms with E-state index in [1.807, 2.05) is 4.57 Å². The molecule has 9 heteroatoms. The highest BCUT2D eigenvalue weighted by Gasteiger charge is 2.18. The number of thiazole rings is 1. The molecule has 1 aromatic carbocycles. The monoisotopic (exact) mass is 384 g/mol. The van der Waals surface area contributed by atoms with Gasteiger partial charge in [-0.2, -0.15) is 4.99 Å². The summed E-state index contributed by atoms with van der Waals surface area (Å²) >= 11 is 7.63. The second-order valence-corrected chi connectivity index (χ2v) is 6.46. The average Bonchev–Trinajstić information content (AvgIpc) is 3.00. The lowest BCUT2D eigenvalue weighted by Crippen LogP contribution is -2.21. The van der Waals surface area contributed by atoms with Gasteiger partial charge in [-0.1, -0.05) is 22.9 Å². The zero-order chi connectivity index (χ0) is 17.8. The molecule has 0 saturated heterocycles. The molecule has 2 aromatic rings. The number of aromatic nitrogens is 1. The molecule has 1 aliphatic heterocycles. The quantitative estimate of drug-likeness (QED) is 0.791. The van der Waals surface area contributed by atoms with Crippen molar-refractivity contribution in [1.82, 2.24) is 4.57 Å². The van der Waals surface area contributed by atoms with Gasteiger partial charge in [0.25, 0.3) is 0 Å². The Labute approximate surface area is 153 Å². The number of rotatable bonds is 5. The summed E-state index contributed by atoms with van der Waals surface area (Å²) in [5, 5.41) is 0.567. The fraction of sp³-hybridized carbons (Fsp3) is 0.375. The normalized spacial score (nSPS) is 14.8. The summed E-state index contributed by atoms with van der Waals surface area (Å²) in [5.41, 5.74) is 0.776. The minimum atomic E-state index is -0.507. The topological polar surface area (TPSA) is 71.3 Å². The van der Waals surface area contributed by atoms with Crippen LogP contribution in [0.15, 0.2) is 29.1 Å². The van der Waals surface area contributed by atoms with Gasteiger partial charge in [-0.15, -0.1) is 0 Å². The fourth-order valence-electron chi connectivity index (χ4n) is 2.38. The first-order valence-electron chi connectivity index (χ1n) is 7.54. The van der Waals surface area contributed by atoms with Crippen molar-refractivity contribution < 1.29 is 23.7 Å². The molecule has 25 heavy (non-hydrogen) atoms. The first-order valence-corrected chi connectivity index (χ1v) is 8.73. The van der Waals surface area contributed by atoms with Gasteiger partial charge in [0.15, 0.2) is 4.80 Å². The van der Waals surface area contributed by atoms with E-state index in [2.05, 4.69) is 4.99 Å². The van der Waals surface area contributed by atoms with E-state index in [0.29, 0.717) is 41.9 Å². The van der Waals surface area contributed by atoms with E-state index in [1.54, 1.807) is 26.4 Å². The zero-order valence-electron chi connectivity index (χ0n) is 13.8. The van der Waals surface area contributed by atoms with Crippen molar-refractivity contribution in [2.45, 2.75) is 6.54 Å². The van der Waals surface area contributed by atoms with Gasteiger partial charge in [-0.3, -0.25) is 4.79 Å². The Morgan fingerprint density at radius 2 is 2.24 bits per heavy atom. The number of hydrogen-bond acceptors (Lipinski definition) is 6. The number of carbonyl (C=O) groups excluding carboxylic acids is 1. The first kappa shape index (κ1) is 17.8. The number of benzene rings is 1. The summed E-state index contributed by atoms with van der Waals surface area (Å²) in [6.07, 6.45) is 1.29. The van der Waals surface area contributed by atoms with Crippen LogP contribution in [-0.2, 0) is 25.5 Å². The molecule has 2 heterocycles. The molecule has 7 nitrogen and oxygen atoms in total. The van der Waals surface area contributed by atoms with Gasteiger partial charge in [0.05, 0.1) is 23.4 Å². The summed E-state index contributed by atoms with van der Waals surface area (Å²) in [6.45, 7) is 1.68. The Bertz CT molecular complexity index is 887. The third-order valence-corrected chi connectivity index (χ3v) is 5.08. The molecule has 1 aliphatic rings. The summed E-state index contributed by atoms with van der Waals surface area (Å²) in [7, 11) is 3.19. The number of amides is 1. The van der Waals surface area contributed by atoms with E-state index in [-0.39, 0.29) is 5.76 Å². The Morgan fingerprint density at radius 1 is 1.40 bits per heavy atom. The van der Waals surface area contributed by atoms with Gasteiger partial charge in [-0.05, 0) is 12.1 Å². The third kappa shape index (κ3) is 3.65. The molecule has 3 rings (SSSR count). The number of nitrogens with zero attached hydrogens (tertiary/aromatic N) is 2. The van der Waals surface area contributed by atoms with Crippen LogP contribution in [0.25, 0.3) is 10.2 Å². The maximum absolute atomic E-state index is 12.4. The SMILES string of the molecule is COCCn1c(=NC(=O)C2=COCCO2)sc2c(Cl)ccc(OC)c21. The van der Waals surface area contributed by atoms with E-state index in [9.17, 15) is 4.79 Å². The number of fused-ring (bicyclic) bond motifs is 1. The second-order valence-electron chi connectivity index (χ2n) is 5.07. The fourth-order valence-corrected chi connectivity index (χ4v) is 3.73. The van der Waals surface area contributed by atoms with Gasteiger partial charge >= 0.3 is 5.91 Å². The molecule has 0 N–H and O–H groups in total. The molecule has 0 aliphatic carbocycles. The molecule has 1 amide bonds. The molecule has 0 radical (unpaired) electrons. The highest BCUT2D eigenvalue weighted by atomic mass is 35.5. The van der Waals surface area contributed by atoms with Crippen molar-refractivity contribution in [3.8, 4) is 5.75 Å². The molecule has 0 spiro atoms. The van der Waals surface area contributed by atoms with Crippen molar-refractivity contribution in [2.24, 2.45) is 4.99 Å². The molecule has 1 aromatic heterocycles. The van der Waals surface area contributed by atoms with Gasteiger partial charge in [0.2, 0.25) is 5.76 Å². The highest BCUT2D eigenvalue weighted by molar-refractivity contribution is 7.17. The van der Waals surface area contributed by atoms with Crippen LogP contribution in [0.1, 0.15) is 0 Å². The molecule has 0 fully saturated rings. The molecular weight excluding hydrogens is 368 g/mol. The number of carbonyl (C=O) groups is 1. The van der Waals surface area contributed by atoms with Crippen LogP contribution in [0, 0.1) is 0 Å². The highest BCUT2D eigenvalue weighted by Crippen LogP contribution is 2.33. The molecule has 0 saturated carbocycles. The number of ether oxygens (including phenoxy) is 4. The van der Waals surface area contributed by atoms with Crippen molar-refractivity contribution in [2.75, 3.05) is 34.0 Å².